The molecule has 0 amide bonds. The van der Waals surface area contributed by atoms with E-state index in [0.717, 1.165) is 19.3 Å². The van der Waals surface area contributed by atoms with Crippen LogP contribution in [0.1, 0.15) is 32.6 Å². The van der Waals surface area contributed by atoms with Gasteiger partial charge in [-0.25, -0.2) is 9.97 Å². The van der Waals surface area contributed by atoms with Gasteiger partial charge in [0.1, 0.15) is 6.33 Å². The third kappa shape index (κ3) is 2.74. The number of nitrogens with one attached hydrogen (secondary N) is 1. The van der Waals surface area contributed by atoms with Crippen LogP contribution in [0.25, 0.3) is 0 Å². The molecule has 104 valence electrons. The highest BCUT2D eigenvalue weighted by molar-refractivity contribution is 5.70. The Morgan fingerprint density at radius 1 is 1.53 bits per heavy atom. The summed E-state index contributed by atoms with van der Waals surface area (Å²) in [5.41, 5.74) is -0.0228. The summed E-state index contributed by atoms with van der Waals surface area (Å²) in [7, 11) is 1.86. The summed E-state index contributed by atoms with van der Waals surface area (Å²) in [5.74, 6) is 0.714. The minimum absolute atomic E-state index is 0.0228. The third-order valence-corrected chi connectivity index (χ3v) is 3.48. The van der Waals surface area contributed by atoms with Crippen molar-refractivity contribution >= 4 is 17.3 Å². The van der Waals surface area contributed by atoms with E-state index in [0.29, 0.717) is 24.2 Å². The van der Waals surface area contributed by atoms with E-state index in [-0.39, 0.29) is 5.69 Å². The Hall–Kier alpha value is -1.92. The minimum Gasteiger partial charge on any atom is -0.364 e. The Morgan fingerprint density at radius 2 is 2.26 bits per heavy atom. The second-order valence-corrected chi connectivity index (χ2v) is 4.77. The summed E-state index contributed by atoms with van der Waals surface area (Å²) in [6, 6.07) is 0.354. The molecule has 1 heterocycles. The summed E-state index contributed by atoms with van der Waals surface area (Å²) in [5, 5.41) is 14.3. The van der Waals surface area contributed by atoms with E-state index in [4.69, 9.17) is 0 Å². The Morgan fingerprint density at radius 3 is 2.79 bits per heavy atom. The number of aromatic nitrogens is 2. The summed E-state index contributed by atoms with van der Waals surface area (Å²) in [4.78, 5) is 20.9. The van der Waals surface area contributed by atoms with Gasteiger partial charge in [-0.05, 0) is 25.7 Å². The molecule has 1 saturated carbocycles. The van der Waals surface area contributed by atoms with Crippen LogP contribution in [0.4, 0.5) is 17.3 Å². The highest BCUT2D eigenvalue weighted by Crippen LogP contribution is 2.35. The van der Waals surface area contributed by atoms with Crippen LogP contribution in [0.2, 0.25) is 0 Å². The smallest absolute Gasteiger partial charge is 0.353 e. The summed E-state index contributed by atoms with van der Waals surface area (Å²) in [6.07, 6.45) is 5.57. The molecule has 1 N–H and O–H groups in total. The maximum atomic E-state index is 11.3. The van der Waals surface area contributed by atoms with Crippen molar-refractivity contribution in [3.05, 3.63) is 16.4 Å². The summed E-state index contributed by atoms with van der Waals surface area (Å²) in [6.45, 7) is 2.66. The van der Waals surface area contributed by atoms with Crippen molar-refractivity contribution < 1.29 is 4.92 Å². The van der Waals surface area contributed by atoms with Crippen molar-refractivity contribution in [3.8, 4) is 0 Å². The molecule has 7 heteroatoms. The standard InChI is InChI=1S/C12H19N5O2/c1-3-7-13-11-10(17(18)19)12(15-8-14-11)16(2)9-5-4-6-9/h8-9H,3-7H2,1-2H3,(H,13,14,15). The SMILES string of the molecule is CCCNc1ncnc(N(C)C2CCC2)c1[N+](=O)[O-]. The Kier molecular flexibility index (Phi) is 4.13. The number of hydrogen-bond acceptors (Lipinski definition) is 6. The zero-order valence-corrected chi connectivity index (χ0v) is 11.3. The first-order valence-corrected chi connectivity index (χ1v) is 6.61. The van der Waals surface area contributed by atoms with Crippen molar-refractivity contribution in [1.82, 2.24) is 9.97 Å². The maximum absolute atomic E-state index is 11.3. The molecule has 1 aromatic heterocycles. The number of rotatable bonds is 6. The van der Waals surface area contributed by atoms with Gasteiger partial charge < -0.3 is 10.2 Å². The highest BCUT2D eigenvalue weighted by atomic mass is 16.6. The van der Waals surface area contributed by atoms with Crippen LogP contribution < -0.4 is 10.2 Å². The molecule has 19 heavy (non-hydrogen) atoms. The lowest BCUT2D eigenvalue weighted by Crippen LogP contribution is -2.38. The third-order valence-electron chi connectivity index (χ3n) is 3.48. The molecule has 1 fully saturated rings. The number of nitrogens with zero attached hydrogens (tertiary/aromatic N) is 4. The molecular weight excluding hydrogens is 246 g/mol. The van der Waals surface area contributed by atoms with Crippen LogP contribution in [0.5, 0.6) is 0 Å². The second-order valence-electron chi connectivity index (χ2n) is 4.77. The van der Waals surface area contributed by atoms with E-state index >= 15 is 0 Å². The molecule has 1 aromatic rings. The zero-order valence-electron chi connectivity index (χ0n) is 11.3. The first-order chi connectivity index (χ1) is 9.15. The first-order valence-electron chi connectivity index (χ1n) is 6.61. The zero-order chi connectivity index (χ0) is 13.8. The van der Waals surface area contributed by atoms with Crippen LogP contribution in [0.3, 0.4) is 0 Å². The van der Waals surface area contributed by atoms with Gasteiger partial charge in [0.25, 0.3) is 0 Å². The van der Waals surface area contributed by atoms with E-state index in [9.17, 15) is 10.1 Å². The van der Waals surface area contributed by atoms with Gasteiger partial charge in [-0.2, -0.15) is 0 Å². The van der Waals surface area contributed by atoms with E-state index in [1.165, 1.54) is 12.7 Å². The van der Waals surface area contributed by atoms with Crippen molar-refractivity contribution in [1.29, 1.82) is 0 Å². The van der Waals surface area contributed by atoms with Gasteiger partial charge in [0, 0.05) is 19.6 Å². The number of nitro groups is 1. The van der Waals surface area contributed by atoms with Gasteiger partial charge >= 0.3 is 5.69 Å². The molecule has 0 unspecified atom stereocenters. The lowest BCUT2D eigenvalue weighted by Gasteiger charge is -2.35. The lowest BCUT2D eigenvalue weighted by atomic mass is 9.92. The predicted molar refractivity (Wildman–Crippen MR) is 73.5 cm³/mol. The minimum atomic E-state index is -0.400. The fourth-order valence-electron chi connectivity index (χ4n) is 2.12. The molecule has 1 aliphatic rings. The average molecular weight is 265 g/mol. The van der Waals surface area contributed by atoms with Crippen molar-refractivity contribution in [3.63, 3.8) is 0 Å². The van der Waals surface area contributed by atoms with Gasteiger partial charge in [-0.3, -0.25) is 10.1 Å². The summed E-state index contributed by atoms with van der Waals surface area (Å²) < 4.78 is 0. The maximum Gasteiger partial charge on any atom is 0.353 e. The molecule has 0 aromatic carbocycles. The molecule has 1 aliphatic carbocycles. The Balaban J connectivity index is 2.32. The molecule has 0 atom stereocenters. The monoisotopic (exact) mass is 265 g/mol. The van der Waals surface area contributed by atoms with E-state index in [1.54, 1.807) is 0 Å². The molecule has 0 aliphatic heterocycles. The predicted octanol–water partition coefficient (Wildman–Crippen LogP) is 2.20. The van der Waals surface area contributed by atoms with Gasteiger partial charge in [0.15, 0.2) is 0 Å². The van der Waals surface area contributed by atoms with Crippen LogP contribution in [-0.2, 0) is 0 Å². The van der Waals surface area contributed by atoms with Crippen LogP contribution in [-0.4, -0.2) is 34.5 Å². The molecule has 7 nitrogen and oxygen atoms in total. The van der Waals surface area contributed by atoms with Gasteiger partial charge in [0.2, 0.25) is 11.6 Å². The Labute approximate surface area is 112 Å². The van der Waals surface area contributed by atoms with Crippen LogP contribution in [0.15, 0.2) is 6.33 Å². The Bertz CT molecular complexity index is 461. The van der Waals surface area contributed by atoms with Crippen molar-refractivity contribution in [2.24, 2.45) is 0 Å². The molecule has 0 bridgehead atoms. The largest absolute Gasteiger partial charge is 0.364 e. The topological polar surface area (TPSA) is 84.2 Å². The lowest BCUT2D eigenvalue weighted by molar-refractivity contribution is -0.383. The summed E-state index contributed by atoms with van der Waals surface area (Å²) >= 11 is 0. The fraction of sp³-hybridized carbons (Fsp3) is 0.667. The first kappa shape index (κ1) is 13.5. The average Bonchev–Trinajstić information content (AvgIpc) is 2.33. The highest BCUT2D eigenvalue weighted by Gasteiger charge is 2.31. The van der Waals surface area contributed by atoms with E-state index in [1.807, 2.05) is 18.9 Å². The van der Waals surface area contributed by atoms with E-state index < -0.39 is 4.92 Å². The van der Waals surface area contributed by atoms with Gasteiger partial charge in [-0.15, -0.1) is 0 Å². The molecule has 0 radical (unpaired) electrons. The number of hydrogen-bond donors (Lipinski definition) is 1. The molecular formula is C12H19N5O2. The van der Waals surface area contributed by atoms with Crippen molar-refractivity contribution in [2.45, 2.75) is 38.6 Å². The molecule has 2 rings (SSSR count). The normalized spacial score (nSPS) is 14.8. The van der Waals surface area contributed by atoms with Crippen molar-refractivity contribution in [2.75, 3.05) is 23.8 Å². The second kappa shape index (κ2) is 5.81. The fourth-order valence-corrected chi connectivity index (χ4v) is 2.12. The molecule has 0 spiro atoms. The van der Waals surface area contributed by atoms with Crippen LogP contribution >= 0.6 is 0 Å². The van der Waals surface area contributed by atoms with Gasteiger partial charge in [0.05, 0.1) is 4.92 Å². The quantitative estimate of drug-likeness (QED) is 0.627. The number of anilines is 2. The van der Waals surface area contributed by atoms with E-state index in [2.05, 4.69) is 15.3 Å². The van der Waals surface area contributed by atoms with Crippen LogP contribution in [0, 0.1) is 10.1 Å². The van der Waals surface area contributed by atoms with Gasteiger partial charge in [-0.1, -0.05) is 6.92 Å². The molecule has 0 saturated heterocycles.